The Morgan fingerprint density at radius 1 is 1.30 bits per heavy atom. The number of nitrogens with zero attached hydrogens (tertiary/aromatic N) is 1. The maximum atomic E-state index is 12.3. The molecule has 0 radical (unpaired) electrons. The lowest BCUT2D eigenvalue weighted by Crippen LogP contribution is -2.48. The molecule has 2 rings (SSSR count). The van der Waals surface area contributed by atoms with Crippen LogP contribution in [0.25, 0.3) is 6.08 Å². The van der Waals surface area contributed by atoms with Crippen molar-refractivity contribution in [1.29, 1.82) is 0 Å². The molecule has 20 heavy (non-hydrogen) atoms. The van der Waals surface area contributed by atoms with Gasteiger partial charge in [0.2, 0.25) is 10.0 Å². The van der Waals surface area contributed by atoms with Crippen LogP contribution in [0.2, 0.25) is 5.02 Å². The van der Waals surface area contributed by atoms with Gasteiger partial charge >= 0.3 is 0 Å². The van der Waals surface area contributed by atoms with Crippen LogP contribution in [-0.2, 0) is 10.0 Å². The van der Waals surface area contributed by atoms with Crippen LogP contribution < -0.4 is 5.73 Å². The summed E-state index contributed by atoms with van der Waals surface area (Å²) in [4.78, 5) is 0. The maximum absolute atomic E-state index is 12.3. The first kappa shape index (κ1) is 15.5. The van der Waals surface area contributed by atoms with Gasteiger partial charge in [-0.1, -0.05) is 30.7 Å². The summed E-state index contributed by atoms with van der Waals surface area (Å²) in [5.41, 5.74) is 6.69. The molecule has 1 aromatic rings. The van der Waals surface area contributed by atoms with Crippen molar-refractivity contribution in [3.05, 3.63) is 40.3 Å². The lowest BCUT2D eigenvalue weighted by Gasteiger charge is -2.32. The number of rotatable bonds is 3. The number of hydrogen-bond donors (Lipinski definition) is 1. The summed E-state index contributed by atoms with van der Waals surface area (Å²) < 4.78 is 26.0. The zero-order valence-corrected chi connectivity index (χ0v) is 12.9. The summed E-state index contributed by atoms with van der Waals surface area (Å²) in [6.45, 7) is 2.93. The Morgan fingerprint density at radius 2 is 1.95 bits per heavy atom. The van der Waals surface area contributed by atoms with Gasteiger partial charge < -0.3 is 5.73 Å². The predicted molar refractivity (Wildman–Crippen MR) is 82.7 cm³/mol. The van der Waals surface area contributed by atoms with E-state index in [1.165, 1.54) is 9.71 Å². The molecule has 2 N–H and O–H groups in total. The van der Waals surface area contributed by atoms with Gasteiger partial charge in [0.05, 0.1) is 0 Å². The highest BCUT2D eigenvalue weighted by molar-refractivity contribution is 7.92. The molecule has 1 aliphatic rings. The average molecular weight is 315 g/mol. The van der Waals surface area contributed by atoms with Gasteiger partial charge in [0.15, 0.2) is 0 Å². The van der Waals surface area contributed by atoms with Gasteiger partial charge in [0.1, 0.15) is 0 Å². The zero-order valence-electron chi connectivity index (χ0n) is 11.4. The third kappa shape index (κ3) is 4.06. The molecule has 1 aromatic carbocycles. The minimum Gasteiger partial charge on any atom is -0.326 e. The van der Waals surface area contributed by atoms with Crippen molar-refractivity contribution in [1.82, 2.24) is 4.31 Å². The number of sulfonamides is 1. The van der Waals surface area contributed by atoms with Gasteiger partial charge in [-0.15, -0.1) is 0 Å². The summed E-state index contributed by atoms with van der Waals surface area (Å²) in [5.74, 6) is 0.289. The van der Waals surface area contributed by atoms with Gasteiger partial charge in [-0.2, -0.15) is 4.31 Å². The van der Waals surface area contributed by atoms with Crippen molar-refractivity contribution >= 4 is 27.7 Å². The second-order valence-corrected chi connectivity index (χ2v) is 7.57. The summed E-state index contributed by atoms with van der Waals surface area (Å²) in [7, 11) is -3.42. The summed E-state index contributed by atoms with van der Waals surface area (Å²) in [5, 5.41) is 1.86. The van der Waals surface area contributed by atoms with Crippen LogP contribution in [-0.4, -0.2) is 31.9 Å². The molecular weight excluding hydrogens is 296 g/mol. The molecule has 0 aromatic heterocycles. The molecule has 1 heterocycles. The molecule has 0 spiro atoms. The molecule has 1 aliphatic heterocycles. The third-order valence-corrected chi connectivity index (χ3v) is 5.07. The van der Waals surface area contributed by atoms with Gasteiger partial charge in [-0.3, -0.25) is 0 Å². The molecular formula is C14H19ClN2O2S. The van der Waals surface area contributed by atoms with Crippen molar-refractivity contribution in [3.8, 4) is 0 Å². The molecule has 4 nitrogen and oxygen atoms in total. The van der Waals surface area contributed by atoms with Gasteiger partial charge in [-0.25, -0.2) is 8.42 Å². The van der Waals surface area contributed by atoms with Crippen LogP contribution >= 0.6 is 11.6 Å². The highest BCUT2D eigenvalue weighted by Crippen LogP contribution is 2.19. The number of piperidine rings is 1. The van der Waals surface area contributed by atoms with Crippen LogP contribution in [0.3, 0.4) is 0 Å². The summed E-state index contributed by atoms with van der Waals surface area (Å²) in [6.07, 6.45) is 2.45. The Morgan fingerprint density at radius 3 is 2.55 bits per heavy atom. The molecule has 0 aliphatic carbocycles. The van der Waals surface area contributed by atoms with Crippen molar-refractivity contribution in [3.63, 3.8) is 0 Å². The Hall–Kier alpha value is -0.880. The Kier molecular flexibility index (Phi) is 4.86. The van der Waals surface area contributed by atoms with Crippen molar-refractivity contribution in [2.75, 3.05) is 13.1 Å². The van der Waals surface area contributed by atoms with E-state index in [9.17, 15) is 8.42 Å². The highest BCUT2D eigenvalue weighted by Gasteiger charge is 2.29. The smallest absolute Gasteiger partial charge is 0.236 e. The molecule has 2 atom stereocenters. The minimum atomic E-state index is -3.42. The quantitative estimate of drug-likeness (QED) is 0.931. The molecule has 1 saturated heterocycles. The fraction of sp³-hybridized carbons (Fsp3) is 0.429. The summed E-state index contributed by atoms with van der Waals surface area (Å²) in [6, 6.07) is 6.93. The van der Waals surface area contributed by atoms with Gasteiger partial charge in [0.25, 0.3) is 0 Å². The fourth-order valence-electron chi connectivity index (χ4n) is 2.38. The van der Waals surface area contributed by atoms with Crippen LogP contribution in [0, 0.1) is 5.92 Å². The SMILES string of the molecule is CC1CC(N)CN(S(=O)(=O)/C=C/c2ccc(Cl)cc2)C1. The molecule has 1 fully saturated rings. The van der Waals surface area contributed by atoms with Gasteiger partial charge in [0, 0.05) is 29.6 Å². The normalized spacial score (nSPS) is 25.1. The number of benzene rings is 1. The van der Waals surface area contributed by atoms with E-state index in [4.69, 9.17) is 17.3 Å². The number of halogens is 1. The second kappa shape index (κ2) is 6.26. The van der Waals surface area contributed by atoms with E-state index in [1.54, 1.807) is 30.3 Å². The largest absolute Gasteiger partial charge is 0.326 e. The molecule has 6 heteroatoms. The van der Waals surface area contributed by atoms with E-state index < -0.39 is 10.0 Å². The first-order chi connectivity index (χ1) is 9.37. The second-order valence-electron chi connectivity index (χ2n) is 5.32. The standard InChI is InChI=1S/C14H19ClN2O2S/c1-11-8-14(16)10-17(9-11)20(18,19)7-6-12-2-4-13(15)5-3-12/h2-7,11,14H,8-10,16H2,1H3/b7-6+. The topological polar surface area (TPSA) is 63.4 Å². The van der Waals surface area contributed by atoms with Crippen LogP contribution in [0.1, 0.15) is 18.9 Å². The Balaban J connectivity index is 2.12. The molecule has 110 valence electrons. The van der Waals surface area contributed by atoms with E-state index in [-0.39, 0.29) is 12.0 Å². The molecule has 0 saturated carbocycles. The summed E-state index contributed by atoms with van der Waals surface area (Å²) >= 11 is 5.79. The van der Waals surface area contributed by atoms with Gasteiger partial charge in [-0.05, 0) is 36.1 Å². The molecule has 0 amide bonds. The monoisotopic (exact) mass is 314 g/mol. The van der Waals surface area contributed by atoms with E-state index in [0.717, 1.165) is 12.0 Å². The fourth-order valence-corrected chi connectivity index (χ4v) is 3.87. The highest BCUT2D eigenvalue weighted by atomic mass is 35.5. The molecule has 2 unspecified atom stereocenters. The van der Waals surface area contributed by atoms with Crippen LogP contribution in [0.15, 0.2) is 29.7 Å². The van der Waals surface area contributed by atoms with E-state index in [2.05, 4.69) is 0 Å². The number of nitrogens with two attached hydrogens (primary N) is 1. The van der Waals surface area contributed by atoms with E-state index in [1.807, 2.05) is 6.92 Å². The van der Waals surface area contributed by atoms with Crippen LogP contribution in [0.4, 0.5) is 0 Å². The van der Waals surface area contributed by atoms with Crippen molar-refractivity contribution < 1.29 is 8.42 Å². The first-order valence-corrected chi connectivity index (χ1v) is 8.44. The molecule has 0 bridgehead atoms. The first-order valence-electron chi connectivity index (χ1n) is 6.56. The van der Waals surface area contributed by atoms with E-state index >= 15 is 0 Å². The minimum absolute atomic E-state index is 0.0857. The van der Waals surface area contributed by atoms with Crippen LogP contribution in [0.5, 0.6) is 0 Å². The Labute approximate surface area is 125 Å². The lowest BCUT2D eigenvalue weighted by molar-refractivity contribution is 0.256. The third-order valence-electron chi connectivity index (χ3n) is 3.32. The average Bonchev–Trinajstić information content (AvgIpc) is 2.37. The van der Waals surface area contributed by atoms with E-state index in [0.29, 0.717) is 18.1 Å². The lowest BCUT2D eigenvalue weighted by atomic mass is 9.99. The maximum Gasteiger partial charge on any atom is 0.236 e. The predicted octanol–water partition coefficient (Wildman–Crippen LogP) is 2.31. The Bertz CT molecular complexity index is 574. The zero-order chi connectivity index (χ0) is 14.8. The number of hydrogen-bond acceptors (Lipinski definition) is 3. The van der Waals surface area contributed by atoms with Crippen molar-refractivity contribution in [2.24, 2.45) is 11.7 Å². The van der Waals surface area contributed by atoms with Crippen molar-refractivity contribution in [2.45, 2.75) is 19.4 Å².